The molecule has 10 nitrogen and oxygen atoms in total. The lowest BCUT2D eigenvalue weighted by Gasteiger charge is -2.48. The van der Waals surface area contributed by atoms with Gasteiger partial charge in [-0.25, -0.2) is 8.78 Å². The van der Waals surface area contributed by atoms with Crippen molar-refractivity contribution in [1.82, 2.24) is 9.80 Å². The second-order valence-corrected chi connectivity index (χ2v) is 20.6. The molecule has 0 radical (unpaired) electrons. The number of nitrogens with zero attached hydrogens (tertiary/aromatic N) is 2. The molecule has 0 N–H and O–H groups in total. The Kier molecular flexibility index (Phi) is 26.7. The maximum atomic E-state index is 14.2. The molecule has 2 fully saturated rings. The summed E-state index contributed by atoms with van der Waals surface area (Å²) in [5.74, 6) is -0.769. The number of morpholine rings is 2. The molecular weight excluding hydrogens is 1100 g/mol. The van der Waals surface area contributed by atoms with Gasteiger partial charge in [-0.05, 0) is 132 Å². The molecule has 2 saturated heterocycles. The zero-order chi connectivity index (χ0) is 58.1. The molecule has 0 bridgehead atoms. The van der Waals surface area contributed by atoms with E-state index in [1.807, 2.05) is 107 Å². The summed E-state index contributed by atoms with van der Waals surface area (Å²) < 4.78 is 40.4. The van der Waals surface area contributed by atoms with Crippen LogP contribution in [0.2, 0.25) is 20.1 Å². The van der Waals surface area contributed by atoms with Crippen molar-refractivity contribution in [3.8, 4) is 0 Å². The highest BCUT2D eigenvalue weighted by molar-refractivity contribution is 6.31. The Bertz CT molecular complexity index is 2780. The molecule has 0 aliphatic carbocycles. The van der Waals surface area contributed by atoms with E-state index in [-0.39, 0.29) is 59.9 Å². The summed E-state index contributed by atoms with van der Waals surface area (Å²) >= 11 is 24.9. The van der Waals surface area contributed by atoms with Crippen molar-refractivity contribution in [3.05, 3.63) is 235 Å². The van der Waals surface area contributed by atoms with E-state index < -0.39 is 24.4 Å². The van der Waals surface area contributed by atoms with Crippen molar-refractivity contribution >= 4 is 70.5 Å². The molecule has 420 valence electrons. The van der Waals surface area contributed by atoms with Gasteiger partial charge in [-0.15, -0.1) is 0 Å². The third-order valence-electron chi connectivity index (χ3n) is 13.4. The van der Waals surface area contributed by atoms with Gasteiger partial charge >= 0.3 is 12.3 Å². The summed E-state index contributed by atoms with van der Waals surface area (Å²) in [5.41, 5.74) is 5.44. The van der Waals surface area contributed by atoms with Crippen molar-refractivity contribution in [2.24, 2.45) is 0 Å². The summed E-state index contributed by atoms with van der Waals surface area (Å²) in [4.78, 5) is 64.9. The highest BCUT2D eigenvalue weighted by Crippen LogP contribution is 2.47. The minimum atomic E-state index is -0.718. The van der Waals surface area contributed by atoms with E-state index in [0.717, 1.165) is 71.9 Å². The van der Waals surface area contributed by atoms with Crippen molar-refractivity contribution in [2.75, 3.05) is 0 Å². The van der Waals surface area contributed by atoms with Gasteiger partial charge in [-0.3, -0.25) is 9.59 Å². The number of carbonyl (C=O) groups is 2. The maximum absolute atomic E-state index is 14.2. The van der Waals surface area contributed by atoms with E-state index in [1.165, 1.54) is 24.3 Å². The van der Waals surface area contributed by atoms with Gasteiger partial charge in [0.2, 0.25) is 0 Å². The number of rotatable bonds is 18. The van der Waals surface area contributed by atoms with E-state index in [1.54, 1.807) is 24.3 Å². The Morgan fingerprint density at radius 1 is 0.463 bits per heavy atom. The third-order valence-corrected chi connectivity index (χ3v) is 14.4. The molecule has 2 aliphatic heterocycles. The highest BCUT2D eigenvalue weighted by Gasteiger charge is 2.48. The second-order valence-electron chi connectivity index (χ2n) is 18.9. The van der Waals surface area contributed by atoms with Gasteiger partial charge < -0.3 is 19.3 Å². The second kappa shape index (κ2) is 33.3. The number of benzene rings is 6. The largest absolute Gasteiger partial charge is 0.373 e. The quantitative estimate of drug-likeness (QED) is 0.0779. The molecule has 2 heterocycles. The fourth-order valence-electron chi connectivity index (χ4n) is 9.85. The van der Waals surface area contributed by atoms with Gasteiger partial charge in [0.1, 0.15) is 36.1 Å². The van der Waals surface area contributed by atoms with Crippen LogP contribution in [0.4, 0.5) is 8.78 Å². The molecule has 0 saturated carbocycles. The van der Waals surface area contributed by atoms with Crippen LogP contribution in [0, 0.1) is 11.6 Å². The molecule has 8 rings (SSSR count). The van der Waals surface area contributed by atoms with Crippen LogP contribution in [0.25, 0.3) is 0 Å². The van der Waals surface area contributed by atoms with Crippen molar-refractivity contribution in [3.63, 3.8) is 0 Å². The summed E-state index contributed by atoms with van der Waals surface area (Å²) in [6, 6.07) is 42.0. The van der Waals surface area contributed by atoms with E-state index in [4.69, 9.17) is 75.1 Å². The standard InChI is InChI=1S/2C31H32Cl2FNO2.2CO2/c2*1-3-5-7-27(6-4-2)35-29(22-10-14-24(32)15-11-22)30(23-12-16-25(33)17-13-23)37-28(31(35)36)20-21-8-18-26(34)19-9-21;2*2-1-3/h2*5,7-19,27-30H,3-4,6,20H2,1-2H3;;/t2*27-,28+,29-,30+;;/m10../s1. The van der Waals surface area contributed by atoms with Crippen LogP contribution in [-0.2, 0) is 51.1 Å². The fourth-order valence-corrected chi connectivity index (χ4v) is 10.4. The van der Waals surface area contributed by atoms with E-state index in [2.05, 4.69) is 52.0 Å². The summed E-state index contributed by atoms with van der Waals surface area (Å²) in [5, 5.41) is 2.53. The lowest BCUT2D eigenvalue weighted by atomic mass is 9.88. The van der Waals surface area contributed by atoms with Gasteiger partial charge in [0.15, 0.2) is 0 Å². The number of hydrogen-bond donors (Lipinski definition) is 0. The van der Waals surface area contributed by atoms with Gasteiger partial charge in [0, 0.05) is 32.9 Å². The Balaban J connectivity index is 0.000000268. The lowest BCUT2D eigenvalue weighted by Crippen LogP contribution is -2.55. The molecule has 80 heavy (non-hydrogen) atoms. The number of allylic oxidation sites excluding steroid dienone is 2. The maximum Gasteiger partial charge on any atom is 0.373 e. The molecule has 8 atom stereocenters. The van der Waals surface area contributed by atoms with Crippen LogP contribution in [0.15, 0.2) is 170 Å². The number of hydrogen-bond acceptors (Lipinski definition) is 8. The Hall–Kier alpha value is -6.56. The first kappa shape index (κ1) is 64.3. The van der Waals surface area contributed by atoms with Gasteiger partial charge in [0.05, 0.1) is 24.2 Å². The van der Waals surface area contributed by atoms with Crippen molar-refractivity contribution in [1.29, 1.82) is 0 Å². The van der Waals surface area contributed by atoms with Crippen LogP contribution >= 0.6 is 46.4 Å². The van der Waals surface area contributed by atoms with Crippen LogP contribution in [0.5, 0.6) is 0 Å². The molecule has 0 spiro atoms. The topological polar surface area (TPSA) is 127 Å². The molecule has 0 aromatic heterocycles. The number of carbonyl (C=O) groups excluding carboxylic acids is 6. The Morgan fingerprint density at radius 2 is 0.738 bits per heavy atom. The van der Waals surface area contributed by atoms with Gasteiger partial charge in [-0.2, -0.15) is 19.2 Å². The molecule has 2 aliphatic rings. The zero-order valence-electron chi connectivity index (χ0n) is 44.9. The van der Waals surface area contributed by atoms with E-state index >= 15 is 0 Å². The molecule has 16 heteroatoms. The summed E-state index contributed by atoms with van der Waals surface area (Å²) in [6.07, 6.45) is 12.7. The number of halogens is 6. The first-order chi connectivity index (χ1) is 38.6. The first-order valence-electron chi connectivity index (χ1n) is 26.4. The molecule has 2 amide bonds. The van der Waals surface area contributed by atoms with E-state index in [9.17, 15) is 18.4 Å². The monoisotopic (exact) mass is 1170 g/mol. The summed E-state index contributed by atoms with van der Waals surface area (Å²) in [6.45, 7) is 8.43. The van der Waals surface area contributed by atoms with Crippen LogP contribution < -0.4 is 0 Å². The third kappa shape index (κ3) is 18.2. The molecule has 0 unspecified atom stereocenters. The molecule has 6 aromatic carbocycles. The first-order valence-corrected chi connectivity index (χ1v) is 27.9. The highest BCUT2D eigenvalue weighted by atomic mass is 35.5. The normalized spacial score (nSPS) is 19.6. The predicted octanol–water partition coefficient (Wildman–Crippen LogP) is 15.9. The van der Waals surface area contributed by atoms with Gasteiger partial charge in [-0.1, -0.05) is 184 Å². The average Bonchev–Trinajstić information content (AvgIpc) is 3.49. The SMILES string of the molecule is CCC=C[C@@H](CCC)N1C(=O)[C@H](Cc2ccc(F)cc2)O[C@@H](c2ccc(Cl)cc2)[C@H]1c1ccc(Cl)cc1.CCC=C[C@H](CCC)N1C(=O)[C@@H](Cc2ccc(F)cc2)O[C@H](c2ccc(Cl)cc2)[C@@H]1c1ccc(Cl)cc1.O=C=O.O=C=O. The van der Waals surface area contributed by atoms with Crippen molar-refractivity contribution < 1.29 is 47.0 Å². The number of ether oxygens (including phenoxy) is 2. The lowest BCUT2D eigenvalue weighted by molar-refractivity contribution is -0.193. The van der Waals surface area contributed by atoms with E-state index in [0.29, 0.717) is 32.9 Å². The van der Waals surface area contributed by atoms with Crippen LogP contribution in [-0.4, -0.2) is 58.2 Å². The average molecular weight is 1170 g/mol. The Morgan fingerprint density at radius 3 is 1.00 bits per heavy atom. The Labute approximate surface area is 487 Å². The number of amides is 2. The van der Waals surface area contributed by atoms with Crippen molar-refractivity contribution in [2.45, 2.75) is 128 Å². The predicted molar refractivity (Wildman–Crippen MR) is 307 cm³/mol. The van der Waals surface area contributed by atoms with Gasteiger partial charge in [0.25, 0.3) is 11.8 Å². The van der Waals surface area contributed by atoms with Crippen LogP contribution in [0.3, 0.4) is 0 Å². The van der Waals surface area contributed by atoms with Crippen LogP contribution in [0.1, 0.15) is 124 Å². The minimum absolute atomic E-state index is 0.0753. The molecule has 6 aromatic rings. The summed E-state index contributed by atoms with van der Waals surface area (Å²) in [7, 11) is 0. The smallest absolute Gasteiger partial charge is 0.358 e. The molecular formula is C64H64Cl4F2N2O8. The minimum Gasteiger partial charge on any atom is -0.358 e. The fraction of sp³-hybridized carbons (Fsp3) is 0.312. The zero-order valence-corrected chi connectivity index (χ0v) is 47.9.